The van der Waals surface area contributed by atoms with Gasteiger partial charge in [0.25, 0.3) is 0 Å². The van der Waals surface area contributed by atoms with Crippen LogP contribution in [0, 0.1) is 0 Å². The highest BCUT2D eigenvalue weighted by atomic mass is 79.9. The van der Waals surface area contributed by atoms with Crippen molar-refractivity contribution in [2.45, 2.75) is 13.5 Å². The Morgan fingerprint density at radius 2 is 2.33 bits per heavy atom. The first kappa shape index (κ1) is 10.2. The van der Waals surface area contributed by atoms with Crippen molar-refractivity contribution in [1.29, 1.82) is 0 Å². The normalized spacial score (nSPS) is 9.92. The molecule has 0 amide bonds. The highest BCUT2D eigenvalue weighted by molar-refractivity contribution is 9.11. The van der Waals surface area contributed by atoms with Crippen LogP contribution in [-0.2, 0) is 16.1 Å². The molecular formula is C7H6Br2O2S. The Bertz CT molecular complexity index is 276. The van der Waals surface area contributed by atoms with Crippen LogP contribution in [0.15, 0.2) is 13.6 Å². The highest BCUT2D eigenvalue weighted by Crippen LogP contribution is 2.32. The first-order valence-electron chi connectivity index (χ1n) is 3.16. The summed E-state index contributed by atoms with van der Waals surface area (Å²) in [5, 5.41) is 1.95. The summed E-state index contributed by atoms with van der Waals surface area (Å²) in [6.45, 7) is 1.72. The fourth-order valence-electron chi connectivity index (χ4n) is 0.639. The molecule has 0 spiro atoms. The molecule has 0 saturated heterocycles. The van der Waals surface area contributed by atoms with Crippen LogP contribution in [0.1, 0.15) is 12.5 Å². The molecule has 0 N–H and O–H groups in total. The molecule has 66 valence electrons. The van der Waals surface area contributed by atoms with E-state index in [2.05, 4.69) is 31.9 Å². The average molecular weight is 314 g/mol. The maximum Gasteiger partial charge on any atom is 0.302 e. The lowest BCUT2D eigenvalue weighted by Gasteiger charge is -2.00. The molecule has 0 aliphatic carbocycles. The number of thiophene rings is 1. The van der Waals surface area contributed by atoms with E-state index in [1.54, 1.807) is 11.3 Å². The number of carbonyl (C=O) groups excluding carboxylic acids is 1. The first-order valence-corrected chi connectivity index (χ1v) is 5.62. The molecule has 0 aliphatic rings. The number of rotatable bonds is 2. The Balaban J connectivity index is 2.68. The zero-order valence-corrected chi connectivity index (χ0v) is 10.3. The second-order valence-electron chi connectivity index (χ2n) is 2.12. The van der Waals surface area contributed by atoms with E-state index in [1.807, 2.05) is 5.38 Å². The molecule has 1 rings (SSSR count). The molecule has 0 bridgehead atoms. The minimum Gasteiger partial charge on any atom is -0.461 e. The van der Waals surface area contributed by atoms with Crippen LogP contribution >= 0.6 is 43.2 Å². The molecular weight excluding hydrogens is 308 g/mol. The maximum atomic E-state index is 10.5. The quantitative estimate of drug-likeness (QED) is 0.783. The Morgan fingerprint density at radius 3 is 2.75 bits per heavy atom. The van der Waals surface area contributed by atoms with Gasteiger partial charge in [-0.1, -0.05) is 0 Å². The summed E-state index contributed by atoms with van der Waals surface area (Å²) >= 11 is 8.28. The van der Waals surface area contributed by atoms with Gasteiger partial charge in [-0.2, -0.15) is 0 Å². The predicted octanol–water partition coefficient (Wildman–Crippen LogP) is 3.34. The number of halogens is 2. The molecule has 1 aromatic rings. The molecule has 0 atom stereocenters. The van der Waals surface area contributed by atoms with Crippen LogP contribution in [0.5, 0.6) is 0 Å². The molecule has 0 fully saturated rings. The molecule has 0 aromatic carbocycles. The molecule has 0 radical (unpaired) electrons. The Hall–Kier alpha value is 0.130. The third-order valence-electron chi connectivity index (χ3n) is 1.21. The van der Waals surface area contributed by atoms with Gasteiger partial charge in [0.15, 0.2) is 0 Å². The van der Waals surface area contributed by atoms with E-state index in [0.717, 1.165) is 13.8 Å². The van der Waals surface area contributed by atoms with Crippen molar-refractivity contribution < 1.29 is 9.53 Å². The lowest BCUT2D eigenvalue weighted by atomic mass is 10.4. The standard InChI is InChI=1S/C7H6Br2O2S/c1-4(10)11-2-5-6(8)3-12-7(5)9/h3H,2H2,1H3. The number of hydrogen-bond donors (Lipinski definition) is 0. The summed E-state index contributed by atoms with van der Waals surface area (Å²) in [6, 6.07) is 0. The first-order chi connectivity index (χ1) is 5.61. The van der Waals surface area contributed by atoms with Crippen molar-refractivity contribution >= 4 is 49.2 Å². The third kappa shape index (κ3) is 2.57. The van der Waals surface area contributed by atoms with Gasteiger partial charge in [-0.05, 0) is 31.9 Å². The fraction of sp³-hybridized carbons (Fsp3) is 0.286. The van der Waals surface area contributed by atoms with Gasteiger partial charge in [0.1, 0.15) is 6.61 Å². The third-order valence-corrected chi connectivity index (χ3v) is 4.07. The van der Waals surface area contributed by atoms with Crippen molar-refractivity contribution in [3.8, 4) is 0 Å². The van der Waals surface area contributed by atoms with Crippen LogP contribution < -0.4 is 0 Å². The predicted molar refractivity (Wildman–Crippen MR) is 55.2 cm³/mol. The van der Waals surface area contributed by atoms with E-state index in [0.29, 0.717) is 6.61 Å². The molecule has 0 saturated carbocycles. The van der Waals surface area contributed by atoms with Gasteiger partial charge >= 0.3 is 5.97 Å². The second-order valence-corrected chi connectivity index (χ2v) is 5.17. The van der Waals surface area contributed by atoms with Gasteiger partial charge in [-0.3, -0.25) is 4.79 Å². The molecule has 2 nitrogen and oxygen atoms in total. The van der Waals surface area contributed by atoms with E-state index in [9.17, 15) is 4.79 Å². The minimum atomic E-state index is -0.264. The molecule has 0 aliphatic heterocycles. The summed E-state index contributed by atoms with van der Waals surface area (Å²) in [7, 11) is 0. The van der Waals surface area contributed by atoms with E-state index in [-0.39, 0.29) is 5.97 Å². The fourth-order valence-corrected chi connectivity index (χ4v) is 2.90. The van der Waals surface area contributed by atoms with Crippen molar-refractivity contribution in [3.63, 3.8) is 0 Å². The summed E-state index contributed by atoms with van der Waals surface area (Å²) in [6.07, 6.45) is 0. The Morgan fingerprint density at radius 1 is 1.67 bits per heavy atom. The lowest BCUT2D eigenvalue weighted by molar-refractivity contribution is -0.142. The van der Waals surface area contributed by atoms with Crippen LogP contribution in [0.25, 0.3) is 0 Å². The molecule has 5 heteroatoms. The molecule has 1 heterocycles. The summed E-state index contributed by atoms with van der Waals surface area (Å²) in [4.78, 5) is 10.5. The van der Waals surface area contributed by atoms with Crippen LogP contribution in [0.4, 0.5) is 0 Å². The van der Waals surface area contributed by atoms with Gasteiger partial charge in [-0.25, -0.2) is 0 Å². The largest absolute Gasteiger partial charge is 0.461 e. The Labute approximate surface area is 91.2 Å². The average Bonchev–Trinajstić information content (AvgIpc) is 2.28. The van der Waals surface area contributed by atoms with Crippen LogP contribution in [0.2, 0.25) is 0 Å². The van der Waals surface area contributed by atoms with Gasteiger partial charge in [-0.15, -0.1) is 11.3 Å². The number of esters is 1. The summed E-state index contributed by atoms with van der Waals surface area (Å²) < 4.78 is 6.82. The van der Waals surface area contributed by atoms with Crippen molar-refractivity contribution in [3.05, 3.63) is 19.2 Å². The maximum absolute atomic E-state index is 10.5. The van der Waals surface area contributed by atoms with Crippen molar-refractivity contribution in [2.75, 3.05) is 0 Å². The molecule has 12 heavy (non-hydrogen) atoms. The van der Waals surface area contributed by atoms with Crippen molar-refractivity contribution in [1.82, 2.24) is 0 Å². The number of hydrogen-bond acceptors (Lipinski definition) is 3. The topological polar surface area (TPSA) is 26.3 Å². The van der Waals surface area contributed by atoms with Crippen molar-refractivity contribution in [2.24, 2.45) is 0 Å². The zero-order chi connectivity index (χ0) is 9.14. The van der Waals surface area contributed by atoms with Crippen LogP contribution in [-0.4, -0.2) is 5.97 Å². The highest BCUT2D eigenvalue weighted by Gasteiger charge is 2.08. The van der Waals surface area contributed by atoms with E-state index >= 15 is 0 Å². The second kappa shape index (κ2) is 4.39. The van der Waals surface area contributed by atoms with Gasteiger partial charge in [0.05, 0.1) is 3.79 Å². The monoisotopic (exact) mass is 312 g/mol. The minimum absolute atomic E-state index is 0.264. The summed E-state index contributed by atoms with van der Waals surface area (Å²) in [5.74, 6) is -0.264. The van der Waals surface area contributed by atoms with E-state index < -0.39 is 0 Å². The molecule has 0 unspecified atom stereocenters. The van der Waals surface area contributed by atoms with Gasteiger partial charge in [0.2, 0.25) is 0 Å². The lowest BCUT2D eigenvalue weighted by Crippen LogP contribution is -1.98. The number of carbonyl (C=O) groups is 1. The smallest absolute Gasteiger partial charge is 0.302 e. The van der Waals surface area contributed by atoms with Gasteiger partial charge in [0, 0.05) is 22.3 Å². The number of ether oxygens (including phenoxy) is 1. The van der Waals surface area contributed by atoms with Crippen LogP contribution in [0.3, 0.4) is 0 Å². The van der Waals surface area contributed by atoms with E-state index in [1.165, 1.54) is 6.92 Å². The zero-order valence-electron chi connectivity index (χ0n) is 6.27. The SMILES string of the molecule is CC(=O)OCc1c(Br)csc1Br. The summed E-state index contributed by atoms with van der Waals surface area (Å²) in [5.41, 5.74) is 0.982. The Kier molecular flexibility index (Phi) is 3.74. The van der Waals surface area contributed by atoms with Gasteiger partial charge < -0.3 is 4.74 Å². The van der Waals surface area contributed by atoms with E-state index in [4.69, 9.17) is 4.74 Å². The molecule has 1 aromatic heterocycles.